The Balaban J connectivity index is 2.03. The van der Waals surface area contributed by atoms with E-state index in [0.29, 0.717) is 13.2 Å². The summed E-state index contributed by atoms with van der Waals surface area (Å²) in [6.45, 7) is 3.05. The van der Waals surface area contributed by atoms with Gasteiger partial charge in [-0.3, -0.25) is 0 Å². The highest BCUT2D eigenvalue weighted by molar-refractivity contribution is 7.11. The molecule has 2 unspecified atom stereocenters. The lowest BCUT2D eigenvalue weighted by atomic mass is 10.4. The van der Waals surface area contributed by atoms with Crippen molar-refractivity contribution in [2.75, 3.05) is 13.2 Å². The van der Waals surface area contributed by atoms with E-state index in [1.54, 1.807) is 17.5 Å². The number of thiazole rings is 1. The predicted octanol–water partition coefficient (Wildman–Crippen LogP) is 0.824. The van der Waals surface area contributed by atoms with Gasteiger partial charge < -0.3 is 15.2 Å². The smallest absolute Gasteiger partial charge is 0.195 e. The van der Waals surface area contributed by atoms with Gasteiger partial charge >= 0.3 is 0 Å². The van der Waals surface area contributed by atoms with Crippen LogP contribution in [-0.2, 0) is 9.47 Å². The number of aromatic nitrogens is 1. The van der Waals surface area contributed by atoms with Crippen LogP contribution >= 0.6 is 11.3 Å². The van der Waals surface area contributed by atoms with Crippen LogP contribution in [0.15, 0.2) is 6.20 Å². The summed E-state index contributed by atoms with van der Waals surface area (Å²) >= 11 is 1.60. The van der Waals surface area contributed by atoms with E-state index >= 15 is 0 Å². The molecule has 0 radical (unpaired) electrons. The molecule has 1 aliphatic rings. The van der Waals surface area contributed by atoms with Gasteiger partial charge in [-0.2, -0.15) is 0 Å². The average Bonchev–Trinajstić information content (AvgIpc) is 2.71. The Morgan fingerprint density at radius 3 is 3.15 bits per heavy atom. The monoisotopic (exact) mass is 200 g/mol. The van der Waals surface area contributed by atoms with Crippen molar-refractivity contribution >= 4 is 11.3 Å². The van der Waals surface area contributed by atoms with E-state index in [-0.39, 0.29) is 12.4 Å². The Hall–Kier alpha value is -0.490. The van der Waals surface area contributed by atoms with Crippen molar-refractivity contribution in [3.8, 4) is 0 Å². The van der Waals surface area contributed by atoms with Crippen LogP contribution in [-0.4, -0.2) is 24.2 Å². The maximum absolute atomic E-state index is 5.53. The number of nitrogens with two attached hydrogens (primary N) is 1. The molecule has 72 valence electrons. The van der Waals surface area contributed by atoms with Gasteiger partial charge in [-0.15, -0.1) is 11.3 Å². The fraction of sp³-hybridized carbons (Fsp3) is 0.625. The Bertz CT molecular complexity index is 289. The summed E-state index contributed by atoms with van der Waals surface area (Å²) in [5.41, 5.74) is 5.46. The van der Waals surface area contributed by atoms with Gasteiger partial charge in [0, 0.05) is 12.7 Å². The summed E-state index contributed by atoms with van der Waals surface area (Å²) < 4.78 is 11.0. The van der Waals surface area contributed by atoms with E-state index in [0.717, 1.165) is 9.88 Å². The first kappa shape index (κ1) is 9.08. The van der Waals surface area contributed by atoms with Crippen molar-refractivity contribution in [2.45, 2.75) is 19.3 Å². The van der Waals surface area contributed by atoms with Gasteiger partial charge in [0.25, 0.3) is 0 Å². The summed E-state index contributed by atoms with van der Waals surface area (Å²) in [5.74, 6) is 0. The molecule has 0 aromatic carbocycles. The molecule has 1 aliphatic heterocycles. The normalized spacial score (nSPS) is 28.2. The molecule has 0 bridgehead atoms. The van der Waals surface area contributed by atoms with Gasteiger partial charge in [0.05, 0.1) is 22.6 Å². The average molecular weight is 200 g/mol. The summed E-state index contributed by atoms with van der Waals surface area (Å²) in [6, 6.07) is 0. The molecule has 13 heavy (non-hydrogen) atoms. The molecule has 1 aromatic rings. The Morgan fingerprint density at radius 2 is 2.62 bits per heavy atom. The molecular weight excluding hydrogens is 188 g/mol. The van der Waals surface area contributed by atoms with Crippen molar-refractivity contribution < 1.29 is 9.47 Å². The second-order valence-corrected chi connectivity index (χ2v) is 4.21. The van der Waals surface area contributed by atoms with Crippen LogP contribution in [0.3, 0.4) is 0 Å². The van der Waals surface area contributed by atoms with Crippen molar-refractivity contribution in [1.82, 2.24) is 4.98 Å². The molecule has 1 aromatic heterocycles. The maximum Gasteiger partial charge on any atom is 0.195 e. The third-order valence-corrected chi connectivity index (χ3v) is 2.82. The molecule has 0 amide bonds. The van der Waals surface area contributed by atoms with Crippen molar-refractivity contribution in [2.24, 2.45) is 5.73 Å². The minimum Gasteiger partial charge on any atom is -0.345 e. The first-order valence-corrected chi connectivity index (χ1v) is 5.00. The van der Waals surface area contributed by atoms with E-state index in [4.69, 9.17) is 15.2 Å². The molecule has 0 saturated carbocycles. The Kier molecular flexibility index (Phi) is 2.59. The van der Waals surface area contributed by atoms with Gasteiger partial charge in [-0.1, -0.05) is 0 Å². The fourth-order valence-corrected chi connectivity index (χ4v) is 1.98. The highest BCUT2D eigenvalue weighted by Crippen LogP contribution is 2.29. The van der Waals surface area contributed by atoms with Gasteiger partial charge in [0.1, 0.15) is 0 Å². The minimum atomic E-state index is -0.250. The zero-order chi connectivity index (χ0) is 9.26. The number of hydrogen-bond donors (Lipinski definition) is 1. The standard InChI is InChI=1S/C8H12N2O2S/c1-5-10-3-7(13-5)8-11-4-6(2-9)12-8/h3,6,8H,2,4,9H2,1H3. The van der Waals surface area contributed by atoms with E-state index in [9.17, 15) is 0 Å². The van der Waals surface area contributed by atoms with Gasteiger partial charge in [-0.25, -0.2) is 4.98 Å². The Morgan fingerprint density at radius 1 is 1.77 bits per heavy atom. The van der Waals surface area contributed by atoms with Crippen LogP contribution in [0.4, 0.5) is 0 Å². The lowest BCUT2D eigenvalue weighted by Crippen LogP contribution is -2.21. The molecule has 2 rings (SSSR count). The number of hydrogen-bond acceptors (Lipinski definition) is 5. The van der Waals surface area contributed by atoms with Gasteiger partial charge in [0.2, 0.25) is 0 Å². The largest absolute Gasteiger partial charge is 0.345 e. The quantitative estimate of drug-likeness (QED) is 0.768. The summed E-state index contributed by atoms with van der Waals surface area (Å²) in [6.07, 6.45) is 1.58. The van der Waals surface area contributed by atoms with Gasteiger partial charge in [-0.05, 0) is 6.92 Å². The molecule has 0 aliphatic carbocycles. The van der Waals surface area contributed by atoms with Gasteiger partial charge in [0.15, 0.2) is 6.29 Å². The lowest BCUT2D eigenvalue weighted by molar-refractivity contribution is -0.0560. The highest BCUT2D eigenvalue weighted by atomic mass is 32.1. The third kappa shape index (κ3) is 1.88. The van der Waals surface area contributed by atoms with Crippen LogP contribution in [0.2, 0.25) is 0 Å². The van der Waals surface area contributed by atoms with Crippen LogP contribution < -0.4 is 5.73 Å². The number of aryl methyl sites for hydroxylation is 1. The predicted molar refractivity (Wildman–Crippen MR) is 49.5 cm³/mol. The van der Waals surface area contributed by atoms with Crippen LogP contribution in [0, 0.1) is 6.92 Å². The molecule has 0 spiro atoms. The summed E-state index contributed by atoms with van der Waals surface area (Å²) in [4.78, 5) is 5.16. The van der Waals surface area contributed by atoms with Crippen LogP contribution in [0.1, 0.15) is 16.2 Å². The van der Waals surface area contributed by atoms with E-state index < -0.39 is 0 Å². The van der Waals surface area contributed by atoms with Crippen molar-refractivity contribution in [3.05, 3.63) is 16.1 Å². The van der Waals surface area contributed by atoms with E-state index in [2.05, 4.69) is 4.98 Å². The zero-order valence-corrected chi connectivity index (χ0v) is 8.21. The first-order valence-electron chi connectivity index (χ1n) is 4.19. The SMILES string of the molecule is Cc1ncc(C2OCC(CN)O2)s1. The molecule has 2 N–H and O–H groups in total. The number of nitrogens with zero attached hydrogens (tertiary/aromatic N) is 1. The first-order chi connectivity index (χ1) is 6.29. The van der Waals surface area contributed by atoms with Crippen molar-refractivity contribution in [1.29, 1.82) is 0 Å². The molecular formula is C8H12N2O2S. The molecule has 2 heterocycles. The number of ether oxygens (including phenoxy) is 2. The fourth-order valence-electron chi connectivity index (χ4n) is 1.21. The zero-order valence-electron chi connectivity index (χ0n) is 7.40. The second kappa shape index (κ2) is 3.71. The summed E-state index contributed by atoms with van der Waals surface area (Å²) in [5, 5.41) is 1.03. The minimum absolute atomic E-state index is 0.0346. The topological polar surface area (TPSA) is 57.4 Å². The van der Waals surface area contributed by atoms with E-state index in [1.165, 1.54) is 0 Å². The molecule has 2 atom stereocenters. The maximum atomic E-state index is 5.53. The molecule has 5 heteroatoms. The lowest BCUT2D eigenvalue weighted by Gasteiger charge is -2.06. The molecule has 1 fully saturated rings. The molecule has 4 nitrogen and oxygen atoms in total. The van der Waals surface area contributed by atoms with E-state index in [1.807, 2.05) is 6.92 Å². The van der Waals surface area contributed by atoms with Crippen LogP contribution in [0.5, 0.6) is 0 Å². The summed E-state index contributed by atoms with van der Waals surface area (Å²) in [7, 11) is 0. The third-order valence-electron chi connectivity index (χ3n) is 1.88. The molecule has 1 saturated heterocycles. The highest BCUT2D eigenvalue weighted by Gasteiger charge is 2.27. The van der Waals surface area contributed by atoms with Crippen molar-refractivity contribution in [3.63, 3.8) is 0 Å². The van der Waals surface area contributed by atoms with Crippen LogP contribution in [0.25, 0.3) is 0 Å². The Labute approximate surface area is 80.7 Å². The second-order valence-electron chi connectivity index (χ2n) is 2.94. The number of rotatable bonds is 2.